The SMILES string of the molecule is CC[N+](C)(C)CCOCCOCCN(C(C)C)C(C)C.CN(C)CCN(C)CCN(C)C. The number of nitrogens with zero attached hydrogens (tertiary/aromatic N) is 5. The standard InChI is InChI=1S/C16H37N2O2.C9H23N3/c1-8-18(6,7)10-12-20-14-13-19-11-9-17(15(2)3)16(4)5;1-10(2)6-8-12(5)9-7-11(3)4/h15-16H,8-14H2,1-7H3;6-9H2,1-5H3/q+1;. The van der Waals surface area contributed by atoms with Gasteiger partial charge in [0.25, 0.3) is 0 Å². The molecular weight excluding hydrogens is 402 g/mol. The van der Waals surface area contributed by atoms with Crippen LogP contribution in [0, 0.1) is 0 Å². The Kier molecular flexibility index (Phi) is 21.3. The van der Waals surface area contributed by atoms with Gasteiger partial charge >= 0.3 is 0 Å². The highest BCUT2D eigenvalue weighted by molar-refractivity contribution is 4.66. The van der Waals surface area contributed by atoms with Crippen LogP contribution < -0.4 is 0 Å². The molecular formula is C25H60N5O2+. The second-order valence-corrected chi connectivity index (χ2v) is 10.5. The number of hydrogen-bond acceptors (Lipinski definition) is 6. The molecule has 32 heavy (non-hydrogen) atoms. The number of rotatable bonds is 18. The molecule has 0 aromatic heterocycles. The molecule has 0 heterocycles. The molecule has 0 aliphatic carbocycles. The highest BCUT2D eigenvalue weighted by atomic mass is 16.5. The minimum atomic E-state index is 0.573. The Labute approximate surface area is 202 Å². The van der Waals surface area contributed by atoms with Gasteiger partial charge < -0.3 is 28.7 Å². The van der Waals surface area contributed by atoms with Crippen LogP contribution >= 0.6 is 0 Å². The lowest BCUT2D eigenvalue weighted by atomic mass is 10.2. The van der Waals surface area contributed by atoms with Crippen LogP contribution in [0.3, 0.4) is 0 Å². The molecule has 196 valence electrons. The molecule has 0 aliphatic rings. The van der Waals surface area contributed by atoms with Gasteiger partial charge in [-0.2, -0.15) is 0 Å². The van der Waals surface area contributed by atoms with Gasteiger partial charge in [0, 0.05) is 44.8 Å². The predicted molar refractivity (Wildman–Crippen MR) is 141 cm³/mol. The van der Waals surface area contributed by atoms with E-state index >= 15 is 0 Å². The predicted octanol–water partition coefficient (Wildman–Crippen LogP) is 2.28. The van der Waals surface area contributed by atoms with Crippen LogP contribution in [0.1, 0.15) is 34.6 Å². The van der Waals surface area contributed by atoms with Gasteiger partial charge in [0.05, 0.1) is 47.1 Å². The first kappa shape index (κ1) is 33.9. The Hall–Kier alpha value is -0.280. The first-order valence-electron chi connectivity index (χ1n) is 12.5. The summed E-state index contributed by atoms with van der Waals surface area (Å²) in [4.78, 5) is 9.24. The fraction of sp³-hybridized carbons (Fsp3) is 1.00. The zero-order valence-corrected chi connectivity index (χ0v) is 24.0. The van der Waals surface area contributed by atoms with Gasteiger partial charge in [-0.1, -0.05) is 0 Å². The molecule has 0 atom stereocenters. The summed E-state index contributed by atoms with van der Waals surface area (Å²) in [6.07, 6.45) is 0. The van der Waals surface area contributed by atoms with Crippen molar-refractivity contribution in [3.05, 3.63) is 0 Å². The lowest BCUT2D eigenvalue weighted by Crippen LogP contribution is -2.42. The fourth-order valence-corrected chi connectivity index (χ4v) is 2.93. The van der Waals surface area contributed by atoms with Crippen LogP contribution in [0.4, 0.5) is 0 Å². The molecule has 7 heteroatoms. The molecule has 0 saturated heterocycles. The summed E-state index contributed by atoms with van der Waals surface area (Å²) >= 11 is 0. The minimum Gasteiger partial charge on any atom is -0.378 e. The van der Waals surface area contributed by atoms with Crippen LogP contribution in [0.2, 0.25) is 0 Å². The van der Waals surface area contributed by atoms with E-state index in [0.717, 1.165) is 63.5 Å². The van der Waals surface area contributed by atoms with Crippen LogP contribution in [0.5, 0.6) is 0 Å². The van der Waals surface area contributed by atoms with Crippen molar-refractivity contribution >= 4 is 0 Å². The first-order chi connectivity index (χ1) is 14.8. The molecule has 0 fully saturated rings. The quantitative estimate of drug-likeness (QED) is 0.229. The molecule has 0 unspecified atom stereocenters. The third kappa shape index (κ3) is 22.9. The van der Waals surface area contributed by atoms with Crippen molar-refractivity contribution in [2.45, 2.75) is 46.7 Å². The second-order valence-electron chi connectivity index (χ2n) is 10.5. The Morgan fingerprint density at radius 3 is 1.44 bits per heavy atom. The van der Waals surface area contributed by atoms with E-state index in [1.165, 1.54) is 0 Å². The summed E-state index contributed by atoms with van der Waals surface area (Å²) in [5.74, 6) is 0. The first-order valence-corrected chi connectivity index (χ1v) is 12.5. The molecule has 0 aliphatic heterocycles. The molecule has 7 nitrogen and oxygen atoms in total. The highest BCUT2D eigenvalue weighted by Gasteiger charge is 2.13. The summed E-state index contributed by atoms with van der Waals surface area (Å²) in [6, 6.07) is 1.15. The van der Waals surface area contributed by atoms with E-state index in [1.807, 2.05) is 0 Å². The molecule has 0 saturated carbocycles. The zero-order chi connectivity index (χ0) is 25.2. The van der Waals surface area contributed by atoms with Gasteiger partial charge in [0.15, 0.2) is 0 Å². The largest absolute Gasteiger partial charge is 0.378 e. The minimum absolute atomic E-state index is 0.573. The van der Waals surface area contributed by atoms with Crippen LogP contribution in [-0.2, 0) is 9.47 Å². The smallest absolute Gasteiger partial charge is 0.102 e. The van der Waals surface area contributed by atoms with Crippen LogP contribution in [-0.4, -0.2) is 158 Å². The number of quaternary nitrogens is 1. The molecule has 0 spiro atoms. The van der Waals surface area contributed by atoms with Crippen molar-refractivity contribution in [2.75, 3.05) is 122 Å². The average molecular weight is 463 g/mol. The maximum absolute atomic E-state index is 5.65. The van der Waals surface area contributed by atoms with Gasteiger partial charge in [-0.05, 0) is 69.9 Å². The van der Waals surface area contributed by atoms with Crippen molar-refractivity contribution in [2.24, 2.45) is 0 Å². The third-order valence-corrected chi connectivity index (χ3v) is 5.75. The summed E-state index contributed by atoms with van der Waals surface area (Å²) in [5, 5.41) is 0. The topological polar surface area (TPSA) is 31.4 Å². The van der Waals surface area contributed by atoms with Crippen molar-refractivity contribution in [1.82, 2.24) is 19.6 Å². The van der Waals surface area contributed by atoms with Gasteiger partial charge in [0.1, 0.15) is 6.54 Å². The average Bonchev–Trinajstić information content (AvgIpc) is 2.69. The van der Waals surface area contributed by atoms with E-state index in [0.29, 0.717) is 25.3 Å². The summed E-state index contributed by atoms with van der Waals surface area (Å²) in [5.41, 5.74) is 0. The number of likely N-dealkylation sites (N-methyl/N-ethyl adjacent to an activating group) is 4. The second kappa shape index (κ2) is 20.1. The van der Waals surface area contributed by atoms with Gasteiger partial charge in [0.2, 0.25) is 0 Å². The van der Waals surface area contributed by atoms with E-state index in [-0.39, 0.29) is 0 Å². The van der Waals surface area contributed by atoms with Gasteiger partial charge in [-0.3, -0.25) is 4.90 Å². The van der Waals surface area contributed by atoms with Crippen LogP contribution in [0.15, 0.2) is 0 Å². The number of hydrogen-bond donors (Lipinski definition) is 0. The normalized spacial score (nSPS) is 12.6. The third-order valence-electron chi connectivity index (χ3n) is 5.75. The van der Waals surface area contributed by atoms with E-state index in [9.17, 15) is 0 Å². The van der Waals surface area contributed by atoms with Gasteiger partial charge in [-0.25, -0.2) is 0 Å². The fourth-order valence-electron chi connectivity index (χ4n) is 2.93. The lowest BCUT2D eigenvalue weighted by molar-refractivity contribution is -0.888. The molecule has 0 amide bonds. The van der Waals surface area contributed by atoms with E-state index in [2.05, 4.69) is 104 Å². The van der Waals surface area contributed by atoms with E-state index in [1.54, 1.807) is 0 Å². The monoisotopic (exact) mass is 462 g/mol. The molecule has 0 aromatic rings. The number of ether oxygens (including phenoxy) is 2. The van der Waals surface area contributed by atoms with Crippen molar-refractivity contribution < 1.29 is 14.0 Å². The van der Waals surface area contributed by atoms with Crippen molar-refractivity contribution in [1.29, 1.82) is 0 Å². The molecule has 0 aromatic carbocycles. The Morgan fingerprint density at radius 2 is 1.06 bits per heavy atom. The van der Waals surface area contributed by atoms with Crippen LogP contribution in [0.25, 0.3) is 0 Å². The van der Waals surface area contributed by atoms with Gasteiger partial charge in [-0.15, -0.1) is 0 Å². The maximum Gasteiger partial charge on any atom is 0.102 e. The molecule has 0 N–H and O–H groups in total. The Morgan fingerprint density at radius 1 is 0.625 bits per heavy atom. The van der Waals surface area contributed by atoms with Crippen molar-refractivity contribution in [3.63, 3.8) is 0 Å². The summed E-state index contributed by atoms with van der Waals surface area (Å²) in [6.45, 7) is 21.9. The van der Waals surface area contributed by atoms with Crippen molar-refractivity contribution in [3.8, 4) is 0 Å². The molecule has 0 bridgehead atoms. The Bertz CT molecular complexity index is 384. The highest BCUT2D eigenvalue weighted by Crippen LogP contribution is 2.04. The summed E-state index contributed by atoms with van der Waals surface area (Å²) < 4.78 is 12.3. The van der Waals surface area contributed by atoms with E-state index in [4.69, 9.17) is 9.47 Å². The molecule has 0 radical (unpaired) electrons. The van der Waals surface area contributed by atoms with E-state index < -0.39 is 0 Å². The lowest BCUT2D eigenvalue weighted by Gasteiger charge is -2.30. The summed E-state index contributed by atoms with van der Waals surface area (Å²) in [7, 11) is 15.1. The Balaban J connectivity index is 0. The maximum atomic E-state index is 5.65. The zero-order valence-electron chi connectivity index (χ0n) is 24.0. The molecule has 0 rings (SSSR count).